The molecule has 0 spiro atoms. The number of ether oxygens (including phenoxy) is 1. The molecule has 6 heteroatoms. The van der Waals surface area contributed by atoms with Crippen molar-refractivity contribution in [3.63, 3.8) is 0 Å². The second-order valence-electron chi connectivity index (χ2n) is 9.39. The zero-order valence-corrected chi connectivity index (χ0v) is 19.7. The Bertz CT molecular complexity index is 895. The Morgan fingerprint density at radius 3 is 2.22 bits per heavy atom. The molecule has 0 bridgehead atoms. The standard InChI is InChI=1S/C26H35N3O3/c1-26(2,3)21-8-5-20(6-9-21)7-14-25(31)28(4)19-24(30)27-22-10-12-23(13-11-22)29-15-17-32-18-16-29/h5-6,8-13H,7,14-19H2,1-4H3,(H,27,30). The Hall–Kier alpha value is -2.86. The summed E-state index contributed by atoms with van der Waals surface area (Å²) in [4.78, 5) is 28.6. The van der Waals surface area contributed by atoms with Crippen LogP contribution in [0.3, 0.4) is 0 Å². The first-order valence-electron chi connectivity index (χ1n) is 11.3. The molecule has 1 N–H and O–H groups in total. The molecule has 2 aromatic carbocycles. The molecule has 2 aromatic rings. The van der Waals surface area contributed by atoms with Gasteiger partial charge >= 0.3 is 0 Å². The van der Waals surface area contributed by atoms with Crippen LogP contribution in [0.25, 0.3) is 0 Å². The number of carbonyl (C=O) groups is 2. The van der Waals surface area contributed by atoms with Crippen LogP contribution in [-0.2, 0) is 26.2 Å². The first-order valence-corrected chi connectivity index (χ1v) is 11.3. The molecular weight excluding hydrogens is 402 g/mol. The van der Waals surface area contributed by atoms with Gasteiger partial charge in [-0.3, -0.25) is 9.59 Å². The Balaban J connectivity index is 1.43. The molecule has 1 heterocycles. The average Bonchev–Trinajstić information content (AvgIpc) is 2.78. The lowest BCUT2D eigenvalue weighted by Gasteiger charge is -2.28. The van der Waals surface area contributed by atoms with E-state index in [2.05, 4.69) is 55.3 Å². The van der Waals surface area contributed by atoms with E-state index >= 15 is 0 Å². The van der Waals surface area contributed by atoms with Gasteiger partial charge in [0, 0.05) is 37.9 Å². The molecule has 32 heavy (non-hydrogen) atoms. The number of likely N-dealkylation sites (N-methyl/N-ethyl adjacent to an activating group) is 1. The smallest absolute Gasteiger partial charge is 0.243 e. The predicted octanol–water partition coefficient (Wildman–Crippen LogP) is 3.85. The minimum Gasteiger partial charge on any atom is -0.378 e. The third kappa shape index (κ3) is 6.82. The molecule has 0 saturated carbocycles. The van der Waals surface area contributed by atoms with Gasteiger partial charge in [-0.1, -0.05) is 45.0 Å². The van der Waals surface area contributed by atoms with Crippen LogP contribution in [-0.4, -0.2) is 56.6 Å². The van der Waals surface area contributed by atoms with Crippen molar-refractivity contribution in [2.45, 2.75) is 39.0 Å². The van der Waals surface area contributed by atoms with Crippen LogP contribution in [0.15, 0.2) is 48.5 Å². The number of amides is 2. The number of hydrogen-bond donors (Lipinski definition) is 1. The van der Waals surface area contributed by atoms with E-state index in [-0.39, 0.29) is 23.8 Å². The third-order valence-electron chi connectivity index (χ3n) is 5.78. The van der Waals surface area contributed by atoms with Crippen LogP contribution in [0.4, 0.5) is 11.4 Å². The maximum Gasteiger partial charge on any atom is 0.243 e. The first-order chi connectivity index (χ1) is 15.2. The van der Waals surface area contributed by atoms with Crippen LogP contribution in [0.2, 0.25) is 0 Å². The average molecular weight is 438 g/mol. The second-order valence-corrected chi connectivity index (χ2v) is 9.39. The fourth-order valence-electron chi connectivity index (χ4n) is 3.69. The Morgan fingerprint density at radius 1 is 1.00 bits per heavy atom. The lowest BCUT2D eigenvalue weighted by atomic mass is 9.86. The van der Waals surface area contributed by atoms with Crippen molar-refractivity contribution >= 4 is 23.2 Å². The van der Waals surface area contributed by atoms with E-state index < -0.39 is 0 Å². The van der Waals surface area contributed by atoms with Gasteiger partial charge in [0.2, 0.25) is 11.8 Å². The summed E-state index contributed by atoms with van der Waals surface area (Å²) >= 11 is 0. The molecule has 172 valence electrons. The van der Waals surface area contributed by atoms with E-state index in [1.807, 2.05) is 24.3 Å². The number of aryl methyl sites for hydroxylation is 1. The molecule has 0 atom stereocenters. The van der Waals surface area contributed by atoms with Gasteiger partial charge in [-0.2, -0.15) is 0 Å². The summed E-state index contributed by atoms with van der Waals surface area (Å²) in [6, 6.07) is 16.2. The van der Waals surface area contributed by atoms with Crippen molar-refractivity contribution in [2.75, 3.05) is 50.1 Å². The largest absolute Gasteiger partial charge is 0.378 e. The fraction of sp³-hybridized carbons (Fsp3) is 0.462. The van der Waals surface area contributed by atoms with Crippen molar-refractivity contribution in [2.24, 2.45) is 0 Å². The lowest BCUT2D eigenvalue weighted by molar-refractivity contribution is -0.133. The number of benzene rings is 2. The number of morpholine rings is 1. The van der Waals surface area contributed by atoms with Crippen LogP contribution in [0, 0.1) is 0 Å². The highest BCUT2D eigenvalue weighted by Crippen LogP contribution is 2.22. The summed E-state index contributed by atoms with van der Waals surface area (Å²) in [7, 11) is 1.67. The van der Waals surface area contributed by atoms with Gasteiger partial charge in [0.25, 0.3) is 0 Å². The number of hydrogen-bond acceptors (Lipinski definition) is 4. The quantitative estimate of drug-likeness (QED) is 0.715. The fourth-order valence-corrected chi connectivity index (χ4v) is 3.69. The minimum absolute atomic E-state index is 0.0347. The summed E-state index contributed by atoms with van der Waals surface area (Å²) in [5, 5.41) is 2.88. The molecular formula is C26H35N3O3. The van der Waals surface area contributed by atoms with Crippen LogP contribution < -0.4 is 10.2 Å². The zero-order chi connectivity index (χ0) is 23.1. The molecule has 1 aliphatic heterocycles. The predicted molar refractivity (Wildman–Crippen MR) is 129 cm³/mol. The summed E-state index contributed by atoms with van der Waals surface area (Å²) < 4.78 is 5.38. The molecule has 3 rings (SSSR count). The highest BCUT2D eigenvalue weighted by Gasteiger charge is 2.16. The van der Waals surface area contributed by atoms with Gasteiger partial charge in [0.05, 0.1) is 19.8 Å². The van der Waals surface area contributed by atoms with E-state index in [9.17, 15) is 9.59 Å². The molecule has 1 saturated heterocycles. The normalized spacial score (nSPS) is 14.2. The van der Waals surface area contributed by atoms with Crippen LogP contribution in [0.1, 0.15) is 38.3 Å². The summed E-state index contributed by atoms with van der Waals surface area (Å²) in [6.07, 6.45) is 1.05. The maximum absolute atomic E-state index is 12.5. The Morgan fingerprint density at radius 2 is 1.62 bits per heavy atom. The monoisotopic (exact) mass is 437 g/mol. The number of nitrogens with zero attached hydrogens (tertiary/aromatic N) is 2. The van der Waals surface area contributed by atoms with Crippen LogP contribution in [0.5, 0.6) is 0 Å². The van der Waals surface area contributed by atoms with E-state index in [0.717, 1.165) is 43.2 Å². The van der Waals surface area contributed by atoms with E-state index in [1.54, 1.807) is 7.05 Å². The van der Waals surface area contributed by atoms with Crippen molar-refractivity contribution < 1.29 is 14.3 Å². The molecule has 1 aliphatic rings. The zero-order valence-electron chi connectivity index (χ0n) is 19.7. The number of nitrogens with one attached hydrogen (secondary N) is 1. The molecule has 0 aliphatic carbocycles. The number of rotatable bonds is 7. The Kier molecular flexibility index (Phi) is 7.91. The maximum atomic E-state index is 12.5. The number of anilines is 2. The molecule has 6 nitrogen and oxygen atoms in total. The van der Waals surface area contributed by atoms with E-state index in [1.165, 1.54) is 10.5 Å². The first kappa shape index (κ1) is 23.8. The van der Waals surface area contributed by atoms with Gasteiger partial charge in [-0.25, -0.2) is 0 Å². The van der Waals surface area contributed by atoms with Crippen molar-refractivity contribution in [3.8, 4) is 0 Å². The SMILES string of the molecule is CN(CC(=O)Nc1ccc(N2CCOCC2)cc1)C(=O)CCc1ccc(C(C)(C)C)cc1. The second kappa shape index (κ2) is 10.6. The molecule has 0 unspecified atom stereocenters. The molecule has 2 amide bonds. The number of carbonyl (C=O) groups excluding carboxylic acids is 2. The van der Waals surface area contributed by atoms with Gasteiger partial charge in [-0.15, -0.1) is 0 Å². The van der Waals surface area contributed by atoms with Crippen molar-refractivity contribution in [1.82, 2.24) is 4.90 Å². The van der Waals surface area contributed by atoms with Gasteiger partial charge in [-0.05, 0) is 47.2 Å². The van der Waals surface area contributed by atoms with Crippen LogP contribution >= 0.6 is 0 Å². The van der Waals surface area contributed by atoms with Crippen molar-refractivity contribution in [3.05, 3.63) is 59.7 Å². The van der Waals surface area contributed by atoms with Gasteiger partial charge in [0.1, 0.15) is 0 Å². The Labute approximate surface area is 191 Å². The van der Waals surface area contributed by atoms with E-state index in [4.69, 9.17) is 4.74 Å². The highest BCUT2D eigenvalue weighted by atomic mass is 16.5. The summed E-state index contributed by atoms with van der Waals surface area (Å²) in [5.41, 5.74) is 4.37. The van der Waals surface area contributed by atoms with Gasteiger partial charge < -0.3 is 19.9 Å². The van der Waals surface area contributed by atoms with Crippen molar-refractivity contribution in [1.29, 1.82) is 0 Å². The van der Waals surface area contributed by atoms with Gasteiger partial charge in [0.15, 0.2) is 0 Å². The molecule has 0 aromatic heterocycles. The highest BCUT2D eigenvalue weighted by molar-refractivity contribution is 5.94. The minimum atomic E-state index is -0.200. The lowest BCUT2D eigenvalue weighted by Crippen LogP contribution is -2.36. The molecule has 1 fully saturated rings. The molecule has 0 radical (unpaired) electrons. The van der Waals surface area contributed by atoms with E-state index in [0.29, 0.717) is 12.8 Å². The summed E-state index contributed by atoms with van der Waals surface area (Å²) in [6.45, 7) is 9.81. The topological polar surface area (TPSA) is 61.9 Å². The summed E-state index contributed by atoms with van der Waals surface area (Å²) in [5.74, 6) is -0.239. The third-order valence-corrected chi connectivity index (χ3v) is 5.78.